The minimum atomic E-state index is -0.688. The smallest absolute Gasteiger partial charge is 0.317 e. The quantitative estimate of drug-likeness (QED) is 0.842. The zero-order chi connectivity index (χ0) is 14.1. The third kappa shape index (κ3) is 2.91. The van der Waals surface area contributed by atoms with E-state index < -0.39 is 5.41 Å². The number of ether oxygens (including phenoxy) is 1. The van der Waals surface area contributed by atoms with E-state index in [9.17, 15) is 4.79 Å². The second-order valence-electron chi connectivity index (χ2n) is 5.92. The van der Waals surface area contributed by atoms with E-state index in [1.807, 2.05) is 26.2 Å². The van der Waals surface area contributed by atoms with Crippen molar-refractivity contribution in [3.8, 4) is 0 Å². The summed E-state index contributed by atoms with van der Waals surface area (Å²) >= 11 is 1.56. The highest BCUT2D eigenvalue weighted by atomic mass is 32.1. The van der Waals surface area contributed by atoms with Gasteiger partial charge < -0.3 is 10.1 Å². The maximum Gasteiger partial charge on any atom is 0.317 e. The third-order valence-corrected chi connectivity index (χ3v) is 4.55. The zero-order valence-electron chi connectivity index (χ0n) is 12.1. The summed E-state index contributed by atoms with van der Waals surface area (Å²) in [7, 11) is 0. The first-order chi connectivity index (χ1) is 8.87. The van der Waals surface area contributed by atoms with Gasteiger partial charge in [0.1, 0.15) is 5.41 Å². The van der Waals surface area contributed by atoms with Crippen LogP contribution in [-0.2, 0) is 14.9 Å². The first kappa shape index (κ1) is 14.3. The van der Waals surface area contributed by atoms with E-state index in [2.05, 4.69) is 17.2 Å². The second-order valence-corrected chi connectivity index (χ2v) is 6.78. The Morgan fingerprint density at radius 2 is 2.26 bits per heavy atom. The fraction of sp³-hybridized carbons (Fsp3) is 0.714. The molecule has 0 aromatic carbocycles. The first-order valence-electron chi connectivity index (χ1n) is 6.79. The molecule has 1 saturated carbocycles. The van der Waals surface area contributed by atoms with Crippen molar-refractivity contribution in [1.82, 2.24) is 4.98 Å². The van der Waals surface area contributed by atoms with Crippen molar-refractivity contribution >= 4 is 22.4 Å². The fourth-order valence-electron chi connectivity index (χ4n) is 2.12. The lowest BCUT2D eigenvalue weighted by molar-refractivity contribution is -0.148. The number of nitrogens with one attached hydrogen (secondary N) is 1. The monoisotopic (exact) mass is 282 g/mol. The van der Waals surface area contributed by atoms with Gasteiger partial charge in [0.05, 0.1) is 12.3 Å². The number of carbonyl (C=O) groups excluding carboxylic acids is 1. The number of anilines is 1. The molecule has 1 heterocycles. The Kier molecular flexibility index (Phi) is 3.85. The van der Waals surface area contributed by atoms with E-state index in [1.165, 1.54) is 19.3 Å². The molecule has 5 heteroatoms. The van der Waals surface area contributed by atoms with Crippen LogP contribution < -0.4 is 5.32 Å². The van der Waals surface area contributed by atoms with Crippen LogP contribution in [0.3, 0.4) is 0 Å². The summed E-state index contributed by atoms with van der Waals surface area (Å²) in [6.45, 7) is 8.15. The van der Waals surface area contributed by atoms with Gasteiger partial charge in [-0.25, -0.2) is 4.98 Å². The Morgan fingerprint density at radius 1 is 1.58 bits per heavy atom. The number of hydrogen-bond donors (Lipinski definition) is 1. The average molecular weight is 282 g/mol. The topological polar surface area (TPSA) is 51.2 Å². The van der Waals surface area contributed by atoms with Gasteiger partial charge in [0.2, 0.25) is 0 Å². The Morgan fingerprint density at radius 3 is 2.79 bits per heavy atom. The van der Waals surface area contributed by atoms with Gasteiger partial charge >= 0.3 is 5.97 Å². The lowest BCUT2D eigenvalue weighted by Gasteiger charge is -2.39. The van der Waals surface area contributed by atoms with Gasteiger partial charge in [-0.15, -0.1) is 11.3 Å². The Hall–Kier alpha value is -1.10. The molecule has 1 aromatic heterocycles. The standard InChI is InChI=1S/C14H22N2O2S/c1-5-18-11(17)13(2,3)10-9-19-12(15-10)16-14(4)7-6-8-14/h9H,5-8H2,1-4H3,(H,15,16). The van der Waals surface area contributed by atoms with Crippen LogP contribution >= 0.6 is 11.3 Å². The summed E-state index contributed by atoms with van der Waals surface area (Å²) in [5, 5.41) is 6.32. The SMILES string of the molecule is CCOC(=O)C(C)(C)c1csc(NC2(C)CCC2)n1. The molecule has 0 atom stereocenters. The number of thiazole rings is 1. The summed E-state index contributed by atoms with van der Waals surface area (Å²) in [6, 6.07) is 0. The van der Waals surface area contributed by atoms with Crippen molar-refractivity contribution in [1.29, 1.82) is 0 Å². The Balaban J connectivity index is 2.09. The van der Waals surface area contributed by atoms with Crippen LogP contribution in [0, 0.1) is 0 Å². The number of esters is 1. The van der Waals surface area contributed by atoms with Crippen LogP contribution in [0.15, 0.2) is 5.38 Å². The highest BCUT2D eigenvalue weighted by Gasteiger charge is 2.36. The maximum atomic E-state index is 11.9. The number of nitrogens with zero attached hydrogens (tertiary/aromatic N) is 1. The van der Waals surface area contributed by atoms with Gasteiger partial charge in [-0.2, -0.15) is 0 Å². The Bertz CT molecular complexity index is 464. The normalized spacial score (nSPS) is 17.7. The molecule has 19 heavy (non-hydrogen) atoms. The molecule has 0 amide bonds. The molecule has 0 aliphatic heterocycles. The molecule has 1 fully saturated rings. The second kappa shape index (κ2) is 5.12. The lowest BCUT2D eigenvalue weighted by atomic mass is 9.79. The number of carbonyl (C=O) groups is 1. The van der Waals surface area contributed by atoms with Crippen molar-refractivity contribution < 1.29 is 9.53 Å². The summed E-state index contributed by atoms with van der Waals surface area (Å²) in [5.74, 6) is -0.221. The number of aromatic nitrogens is 1. The van der Waals surface area contributed by atoms with Crippen LogP contribution in [0.2, 0.25) is 0 Å². The minimum absolute atomic E-state index is 0.184. The van der Waals surface area contributed by atoms with E-state index in [0.717, 1.165) is 10.8 Å². The van der Waals surface area contributed by atoms with Crippen LogP contribution in [0.4, 0.5) is 5.13 Å². The highest BCUT2D eigenvalue weighted by molar-refractivity contribution is 7.13. The average Bonchev–Trinajstić information content (AvgIpc) is 2.76. The van der Waals surface area contributed by atoms with Gasteiger partial charge in [-0.3, -0.25) is 4.79 Å². The van der Waals surface area contributed by atoms with Crippen molar-refractivity contribution in [3.05, 3.63) is 11.1 Å². The Labute approximate surface area is 118 Å². The summed E-state index contributed by atoms with van der Waals surface area (Å²) in [4.78, 5) is 16.5. The van der Waals surface area contributed by atoms with Crippen molar-refractivity contribution in [2.24, 2.45) is 0 Å². The predicted octanol–water partition coefficient (Wildman–Crippen LogP) is 3.34. The first-order valence-corrected chi connectivity index (χ1v) is 7.67. The minimum Gasteiger partial charge on any atom is -0.465 e. The molecule has 0 radical (unpaired) electrons. The van der Waals surface area contributed by atoms with Gasteiger partial charge in [-0.1, -0.05) is 0 Å². The van der Waals surface area contributed by atoms with Crippen LogP contribution in [-0.4, -0.2) is 23.1 Å². The fourth-order valence-corrected chi connectivity index (χ4v) is 3.15. The van der Waals surface area contributed by atoms with Gasteiger partial charge in [0.15, 0.2) is 5.13 Å². The molecular weight excluding hydrogens is 260 g/mol. The van der Waals surface area contributed by atoms with Gasteiger partial charge in [-0.05, 0) is 47.0 Å². The van der Waals surface area contributed by atoms with E-state index >= 15 is 0 Å². The summed E-state index contributed by atoms with van der Waals surface area (Å²) < 4.78 is 5.11. The molecule has 0 unspecified atom stereocenters. The predicted molar refractivity (Wildman–Crippen MR) is 77.7 cm³/mol. The van der Waals surface area contributed by atoms with E-state index in [0.29, 0.717) is 6.61 Å². The lowest BCUT2D eigenvalue weighted by Crippen LogP contribution is -2.41. The van der Waals surface area contributed by atoms with Crippen LogP contribution in [0.25, 0.3) is 0 Å². The molecule has 1 aromatic rings. The van der Waals surface area contributed by atoms with Crippen LogP contribution in [0.1, 0.15) is 52.7 Å². The molecule has 0 saturated heterocycles. The molecule has 2 rings (SSSR count). The molecule has 0 bridgehead atoms. The zero-order valence-corrected chi connectivity index (χ0v) is 12.9. The van der Waals surface area contributed by atoms with Crippen molar-refractivity contribution in [2.75, 3.05) is 11.9 Å². The molecule has 4 nitrogen and oxygen atoms in total. The molecule has 1 N–H and O–H groups in total. The largest absolute Gasteiger partial charge is 0.465 e. The number of hydrogen-bond acceptors (Lipinski definition) is 5. The molecule has 106 valence electrons. The highest BCUT2D eigenvalue weighted by Crippen LogP contribution is 2.36. The maximum absolute atomic E-state index is 11.9. The van der Waals surface area contributed by atoms with Gasteiger partial charge in [0.25, 0.3) is 0 Å². The summed E-state index contributed by atoms with van der Waals surface area (Å²) in [5.41, 5.74) is 0.275. The van der Waals surface area contributed by atoms with Crippen molar-refractivity contribution in [3.63, 3.8) is 0 Å². The molecule has 1 aliphatic rings. The third-order valence-electron chi connectivity index (χ3n) is 3.80. The number of rotatable bonds is 5. The molecule has 1 aliphatic carbocycles. The van der Waals surface area contributed by atoms with Crippen molar-refractivity contribution in [2.45, 2.75) is 57.9 Å². The molecule has 0 spiro atoms. The van der Waals surface area contributed by atoms with Gasteiger partial charge in [0, 0.05) is 10.9 Å². The van der Waals surface area contributed by atoms with Crippen LogP contribution in [0.5, 0.6) is 0 Å². The van der Waals surface area contributed by atoms with E-state index in [-0.39, 0.29) is 11.5 Å². The molecular formula is C14H22N2O2S. The summed E-state index contributed by atoms with van der Waals surface area (Å²) in [6.07, 6.45) is 3.64. The van der Waals surface area contributed by atoms with E-state index in [4.69, 9.17) is 4.74 Å². The van der Waals surface area contributed by atoms with E-state index in [1.54, 1.807) is 11.3 Å².